The minimum absolute atomic E-state index is 0.563. The Hall–Kier alpha value is -1.67. The molecule has 4 heteroatoms. The fourth-order valence-electron chi connectivity index (χ4n) is 0.495. The summed E-state index contributed by atoms with van der Waals surface area (Å²) in [6, 6.07) is 1.68. The molecule has 0 aromatic carbocycles. The van der Waals surface area contributed by atoms with Gasteiger partial charge in [0.05, 0.1) is 7.11 Å². The lowest BCUT2D eigenvalue weighted by molar-refractivity contribution is 0.343. The molecule has 1 aromatic rings. The Labute approximate surface area is 64.3 Å². The summed E-state index contributed by atoms with van der Waals surface area (Å²) in [5, 5.41) is 0. The fourth-order valence-corrected chi connectivity index (χ4v) is 0.495. The molecule has 0 unspecified atom stereocenters. The predicted molar refractivity (Wildman–Crippen MR) is 40.7 cm³/mol. The molecule has 1 heterocycles. The van der Waals surface area contributed by atoms with E-state index in [0.29, 0.717) is 5.82 Å². The van der Waals surface area contributed by atoms with Gasteiger partial charge in [-0.05, 0) is 0 Å². The highest BCUT2D eigenvalue weighted by Crippen LogP contribution is 2.00. The van der Waals surface area contributed by atoms with Crippen molar-refractivity contribution in [2.75, 3.05) is 7.11 Å². The molecule has 11 heavy (non-hydrogen) atoms. The van der Waals surface area contributed by atoms with E-state index in [4.69, 9.17) is 0 Å². The second kappa shape index (κ2) is 4.19. The molecule has 56 valence electrons. The molecule has 0 saturated carbocycles. The molecule has 0 atom stereocenters. The van der Waals surface area contributed by atoms with E-state index in [0.717, 1.165) is 0 Å². The molecule has 4 nitrogen and oxygen atoms in total. The molecular weight excluding hydrogens is 142 g/mol. The summed E-state index contributed by atoms with van der Waals surface area (Å²) in [6.07, 6.45) is 4.38. The quantitative estimate of drug-likeness (QED) is 0.464. The first-order valence-electron chi connectivity index (χ1n) is 3.00. The number of rotatable bonds is 2. The third-order valence-electron chi connectivity index (χ3n) is 0.916. The lowest BCUT2D eigenvalue weighted by atomic mass is 10.6. The molecule has 0 bridgehead atoms. The van der Waals surface area contributed by atoms with Gasteiger partial charge in [0.1, 0.15) is 12.6 Å². The van der Waals surface area contributed by atoms with Gasteiger partial charge in [-0.25, -0.2) is 9.97 Å². The van der Waals surface area contributed by atoms with Gasteiger partial charge in [0.2, 0.25) is 0 Å². The zero-order chi connectivity index (χ0) is 7.94. The third-order valence-corrected chi connectivity index (χ3v) is 0.916. The Morgan fingerprint density at radius 2 is 2.64 bits per heavy atom. The monoisotopic (exact) mass is 149 g/mol. The number of nitrogens with zero attached hydrogens (tertiary/aromatic N) is 3. The van der Waals surface area contributed by atoms with E-state index in [2.05, 4.69) is 25.6 Å². The molecule has 0 spiro atoms. The van der Waals surface area contributed by atoms with Crippen molar-refractivity contribution in [3.8, 4) is 0 Å². The molecule has 0 saturated heterocycles. The maximum atomic E-state index is 4.59. The van der Waals surface area contributed by atoms with E-state index in [1.165, 1.54) is 19.7 Å². The van der Waals surface area contributed by atoms with Crippen LogP contribution >= 0.6 is 0 Å². The van der Waals surface area contributed by atoms with Crippen molar-refractivity contribution in [3.05, 3.63) is 24.9 Å². The summed E-state index contributed by atoms with van der Waals surface area (Å²) >= 11 is 0. The average Bonchev–Trinajstić information content (AvgIpc) is 2.07. The van der Waals surface area contributed by atoms with Crippen LogP contribution in [0.2, 0.25) is 0 Å². The van der Waals surface area contributed by atoms with Crippen molar-refractivity contribution in [3.63, 3.8) is 0 Å². The fraction of sp³-hybridized carbons (Fsp3) is 0.143. The van der Waals surface area contributed by atoms with Gasteiger partial charge >= 0.3 is 0 Å². The Bertz CT molecular complexity index is 264. The van der Waals surface area contributed by atoms with Crippen LogP contribution in [0, 0.1) is 0 Å². The van der Waals surface area contributed by atoms with Crippen molar-refractivity contribution >= 4 is 11.7 Å². The zero-order valence-corrected chi connectivity index (χ0v) is 6.06. The smallest absolute Gasteiger partial charge is 0.164 e. The van der Waals surface area contributed by atoms with Crippen molar-refractivity contribution in [1.29, 1.82) is 0 Å². The van der Waals surface area contributed by atoms with Crippen LogP contribution in [-0.4, -0.2) is 22.9 Å². The largest absolute Gasteiger partial charge is 0.495 e. The minimum Gasteiger partial charge on any atom is -0.495 e. The summed E-state index contributed by atoms with van der Waals surface area (Å²) in [4.78, 5) is 11.4. The number of aromatic nitrogens is 2. The molecular formula is C7H7N3O. The summed E-state index contributed by atoms with van der Waals surface area (Å²) in [6.45, 7) is 0. The van der Waals surface area contributed by atoms with Crippen LogP contribution in [0.15, 0.2) is 29.8 Å². The van der Waals surface area contributed by atoms with Gasteiger partial charge in [-0.1, -0.05) is 0 Å². The van der Waals surface area contributed by atoms with Crippen molar-refractivity contribution < 1.29 is 4.74 Å². The van der Waals surface area contributed by atoms with E-state index in [-0.39, 0.29) is 0 Å². The molecule has 0 aliphatic carbocycles. The van der Waals surface area contributed by atoms with Crippen LogP contribution in [0.3, 0.4) is 0 Å². The van der Waals surface area contributed by atoms with Gasteiger partial charge in [-0.15, -0.1) is 0 Å². The molecule has 0 aliphatic rings. The summed E-state index contributed by atoms with van der Waals surface area (Å²) < 4.78 is 4.59. The summed E-state index contributed by atoms with van der Waals surface area (Å²) in [5.74, 6) is 3.10. The topological polar surface area (TPSA) is 47.4 Å². The van der Waals surface area contributed by atoms with E-state index >= 15 is 0 Å². The molecule has 0 N–H and O–H groups in total. The van der Waals surface area contributed by atoms with Gasteiger partial charge in [-0.3, -0.25) is 0 Å². The summed E-state index contributed by atoms with van der Waals surface area (Å²) in [5.41, 5.74) is 0. The van der Waals surface area contributed by atoms with E-state index in [1.54, 1.807) is 12.3 Å². The van der Waals surface area contributed by atoms with Crippen LogP contribution in [0.25, 0.3) is 0 Å². The van der Waals surface area contributed by atoms with Crippen molar-refractivity contribution in [2.45, 2.75) is 0 Å². The second-order valence-corrected chi connectivity index (χ2v) is 1.66. The Kier molecular flexibility index (Phi) is 2.84. The Morgan fingerprint density at radius 3 is 3.27 bits per heavy atom. The average molecular weight is 149 g/mol. The standard InChI is InChI=1S/C7H7N3O/c1-11-5-4-9-7-2-3-8-6-10-7/h2-3,5-6H,1H3. The molecule has 0 amide bonds. The first kappa shape index (κ1) is 7.44. The maximum absolute atomic E-state index is 4.59. The van der Waals surface area contributed by atoms with Crippen molar-refractivity contribution in [2.24, 2.45) is 4.99 Å². The minimum atomic E-state index is 0.563. The van der Waals surface area contributed by atoms with Gasteiger partial charge in [0.15, 0.2) is 5.82 Å². The number of ether oxygens (including phenoxy) is 1. The number of methoxy groups -OCH3 is 1. The third kappa shape index (κ3) is 2.60. The van der Waals surface area contributed by atoms with E-state index in [9.17, 15) is 0 Å². The van der Waals surface area contributed by atoms with Gasteiger partial charge in [0.25, 0.3) is 0 Å². The number of hydrogen-bond donors (Lipinski definition) is 0. The highest BCUT2D eigenvalue weighted by Gasteiger charge is 1.82. The number of hydrogen-bond acceptors (Lipinski definition) is 4. The predicted octanol–water partition coefficient (Wildman–Crippen LogP) is 0.938. The molecule has 1 rings (SSSR count). The molecule has 0 radical (unpaired) electrons. The van der Waals surface area contributed by atoms with Gasteiger partial charge in [0, 0.05) is 18.1 Å². The summed E-state index contributed by atoms with van der Waals surface area (Å²) in [7, 11) is 1.53. The van der Waals surface area contributed by atoms with Gasteiger partial charge in [-0.2, -0.15) is 4.99 Å². The lowest BCUT2D eigenvalue weighted by Crippen LogP contribution is -1.74. The first-order valence-corrected chi connectivity index (χ1v) is 3.00. The molecule has 0 aliphatic heterocycles. The van der Waals surface area contributed by atoms with Gasteiger partial charge < -0.3 is 4.74 Å². The van der Waals surface area contributed by atoms with Crippen molar-refractivity contribution in [1.82, 2.24) is 9.97 Å². The van der Waals surface area contributed by atoms with E-state index < -0.39 is 0 Å². The number of aliphatic imine (C=N–C) groups is 1. The Balaban J connectivity index is 2.72. The van der Waals surface area contributed by atoms with Crippen LogP contribution < -0.4 is 0 Å². The van der Waals surface area contributed by atoms with Crippen LogP contribution in [0.1, 0.15) is 0 Å². The van der Waals surface area contributed by atoms with E-state index in [1.807, 2.05) is 0 Å². The second-order valence-electron chi connectivity index (χ2n) is 1.66. The first-order chi connectivity index (χ1) is 5.43. The SMILES string of the molecule is COC=C=Nc1ccncn1. The van der Waals surface area contributed by atoms with Crippen LogP contribution in [0.4, 0.5) is 5.82 Å². The highest BCUT2D eigenvalue weighted by atomic mass is 16.5. The molecule has 0 fully saturated rings. The Morgan fingerprint density at radius 1 is 1.73 bits per heavy atom. The molecule has 1 aromatic heterocycles. The maximum Gasteiger partial charge on any atom is 0.164 e. The van der Waals surface area contributed by atoms with Crippen LogP contribution in [-0.2, 0) is 4.74 Å². The van der Waals surface area contributed by atoms with Crippen LogP contribution in [0.5, 0.6) is 0 Å². The highest BCUT2D eigenvalue weighted by molar-refractivity contribution is 5.54. The lowest BCUT2D eigenvalue weighted by Gasteiger charge is -1.84. The zero-order valence-electron chi connectivity index (χ0n) is 6.06. The normalized spacial score (nSPS) is 8.09.